The number of aliphatic imine (C=N–C) groups is 1. The van der Waals surface area contributed by atoms with Crippen molar-refractivity contribution in [3.63, 3.8) is 0 Å². The first-order chi connectivity index (χ1) is 15.2. The van der Waals surface area contributed by atoms with Crippen molar-refractivity contribution in [3.05, 3.63) is 47.0 Å². The monoisotopic (exact) mass is 433 g/mol. The van der Waals surface area contributed by atoms with Gasteiger partial charge in [0.1, 0.15) is 5.60 Å². The predicted molar refractivity (Wildman–Crippen MR) is 126 cm³/mol. The smallest absolute Gasteiger partial charge is 0.410 e. The molecule has 2 fully saturated rings. The molecule has 1 amide bonds. The van der Waals surface area contributed by atoms with E-state index < -0.39 is 11.0 Å². The van der Waals surface area contributed by atoms with Crippen molar-refractivity contribution in [3.8, 4) is 6.07 Å². The molecule has 3 rings (SSSR count). The van der Waals surface area contributed by atoms with Crippen molar-refractivity contribution < 1.29 is 14.3 Å². The first-order valence-electron chi connectivity index (χ1n) is 11.1. The van der Waals surface area contributed by atoms with Crippen LogP contribution in [0.3, 0.4) is 0 Å². The van der Waals surface area contributed by atoms with Gasteiger partial charge >= 0.3 is 6.09 Å². The van der Waals surface area contributed by atoms with E-state index in [2.05, 4.69) is 4.99 Å². The number of likely N-dealkylation sites (tertiary alicyclic amines) is 1. The van der Waals surface area contributed by atoms with Crippen LogP contribution in [0.15, 0.2) is 40.9 Å². The van der Waals surface area contributed by atoms with Crippen LogP contribution in [-0.4, -0.2) is 41.7 Å². The molecular formula is C26H31N3O3. The Morgan fingerprint density at radius 3 is 2.53 bits per heavy atom. The Hall–Kier alpha value is -3.20. The number of allylic oxidation sites excluding steroid dienone is 2. The lowest BCUT2D eigenvalue weighted by molar-refractivity contribution is -0.125. The molecule has 168 valence electrons. The summed E-state index contributed by atoms with van der Waals surface area (Å²) in [5.41, 5.74) is 2.17. The molecule has 1 heterocycles. The molecule has 1 saturated carbocycles. The fraction of sp³-hybridized carbons (Fsp3) is 0.462. The number of benzene rings is 1. The summed E-state index contributed by atoms with van der Waals surface area (Å²) in [6.07, 6.45) is 7.54. The second-order valence-electron chi connectivity index (χ2n) is 9.38. The zero-order valence-electron chi connectivity index (χ0n) is 19.4. The molecule has 1 aromatic carbocycles. The van der Waals surface area contributed by atoms with Crippen molar-refractivity contribution in [2.45, 2.75) is 59.0 Å². The molecule has 1 aromatic rings. The molecule has 0 aromatic heterocycles. The minimum absolute atomic E-state index is 0.181. The number of rotatable bonds is 3. The maximum atomic E-state index is 13.4. The maximum Gasteiger partial charge on any atom is 0.410 e. The molecule has 0 unspecified atom stereocenters. The van der Waals surface area contributed by atoms with Gasteiger partial charge in [0, 0.05) is 36.4 Å². The summed E-state index contributed by atoms with van der Waals surface area (Å²) >= 11 is 0. The second-order valence-corrected chi connectivity index (χ2v) is 9.38. The van der Waals surface area contributed by atoms with Crippen LogP contribution in [0.2, 0.25) is 0 Å². The number of piperidine rings is 1. The fourth-order valence-electron chi connectivity index (χ4n) is 4.43. The van der Waals surface area contributed by atoms with Crippen molar-refractivity contribution >= 4 is 29.9 Å². The standard InChI is InChI=1S/C26H31N3O3/c1-5-28-22(11-15-27)21-9-7-6-8-19(21)18-20-10-12-26(23(20)30)13-16-29(17-14-26)24(31)32-25(2,3)4/h5-9,11,18H,10,12-14,16-17H2,1-4H3/b20-18+,22-11-,28-5-. The van der Waals surface area contributed by atoms with Gasteiger partial charge in [0.2, 0.25) is 0 Å². The average Bonchev–Trinajstić information content (AvgIpc) is 3.03. The van der Waals surface area contributed by atoms with Crippen LogP contribution in [-0.2, 0) is 9.53 Å². The van der Waals surface area contributed by atoms with Gasteiger partial charge in [-0.1, -0.05) is 24.3 Å². The summed E-state index contributed by atoms with van der Waals surface area (Å²) in [6.45, 7) is 8.44. The lowest BCUT2D eigenvalue weighted by atomic mass is 9.76. The van der Waals surface area contributed by atoms with E-state index in [9.17, 15) is 9.59 Å². The third-order valence-electron chi connectivity index (χ3n) is 6.05. The van der Waals surface area contributed by atoms with Crippen molar-refractivity contribution in [1.82, 2.24) is 4.90 Å². The van der Waals surface area contributed by atoms with E-state index >= 15 is 0 Å². The first-order valence-corrected chi connectivity index (χ1v) is 11.1. The number of ether oxygens (including phenoxy) is 1. The van der Waals surface area contributed by atoms with E-state index in [0.29, 0.717) is 38.0 Å². The van der Waals surface area contributed by atoms with Gasteiger partial charge in [0.15, 0.2) is 5.78 Å². The summed E-state index contributed by atoms with van der Waals surface area (Å²) in [6, 6.07) is 9.73. The Morgan fingerprint density at radius 1 is 1.22 bits per heavy atom. The summed E-state index contributed by atoms with van der Waals surface area (Å²) < 4.78 is 5.48. The number of carbonyl (C=O) groups is 2. The molecule has 0 N–H and O–H groups in total. The van der Waals surface area contributed by atoms with Gasteiger partial charge in [0.25, 0.3) is 0 Å². The van der Waals surface area contributed by atoms with Crippen molar-refractivity contribution in [2.75, 3.05) is 13.1 Å². The minimum atomic E-state index is -0.528. The molecule has 2 aliphatic rings. The zero-order chi connectivity index (χ0) is 23.4. The summed E-state index contributed by atoms with van der Waals surface area (Å²) in [4.78, 5) is 31.8. The number of nitrogens with zero attached hydrogens (tertiary/aromatic N) is 3. The van der Waals surface area contributed by atoms with Crippen LogP contribution < -0.4 is 0 Å². The van der Waals surface area contributed by atoms with Gasteiger partial charge in [-0.2, -0.15) is 5.26 Å². The van der Waals surface area contributed by atoms with Crippen LogP contribution in [0.1, 0.15) is 64.5 Å². The van der Waals surface area contributed by atoms with Crippen LogP contribution in [0.4, 0.5) is 4.79 Å². The van der Waals surface area contributed by atoms with E-state index in [1.54, 1.807) is 18.0 Å². The number of hydrogen-bond donors (Lipinski definition) is 0. The van der Waals surface area contributed by atoms with Gasteiger partial charge in [-0.05, 0) is 70.6 Å². The van der Waals surface area contributed by atoms with E-state index in [1.165, 1.54) is 6.08 Å². The fourth-order valence-corrected chi connectivity index (χ4v) is 4.43. The topological polar surface area (TPSA) is 82.8 Å². The highest BCUT2D eigenvalue weighted by Gasteiger charge is 2.47. The highest BCUT2D eigenvalue weighted by molar-refractivity contribution is 6.06. The third-order valence-corrected chi connectivity index (χ3v) is 6.05. The molecule has 6 nitrogen and oxygen atoms in total. The highest BCUT2D eigenvalue weighted by Crippen LogP contribution is 2.46. The van der Waals surface area contributed by atoms with Gasteiger partial charge in [-0.15, -0.1) is 0 Å². The Labute approximate surface area is 190 Å². The van der Waals surface area contributed by atoms with Gasteiger partial charge in [-0.25, -0.2) is 4.79 Å². The van der Waals surface area contributed by atoms with Gasteiger partial charge in [0.05, 0.1) is 11.8 Å². The van der Waals surface area contributed by atoms with E-state index in [-0.39, 0.29) is 11.9 Å². The highest BCUT2D eigenvalue weighted by atomic mass is 16.6. The van der Waals surface area contributed by atoms with Crippen LogP contribution in [0, 0.1) is 16.7 Å². The lowest BCUT2D eigenvalue weighted by Crippen LogP contribution is -2.46. The van der Waals surface area contributed by atoms with Crippen LogP contribution in [0.25, 0.3) is 11.8 Å². The Kier molecular flexibility index (Phi) is 6.98. The van der Waals surface area contributed by atoms with Crippen LogP contribution >= 0.6 is 0 Å². The second kappa shape index (κ2) is 9.52. The van der Waals surface area contributed by atoms with Gasteiger partial charge in [-0.3, -0.25) is 9.79 Å². The largest absolute Gasteiger partial charge is 0.444 e. The Morgan fingerprint density at radius 2 is 1.91 bits per heavy atom. The number of hydrogen-bond acceptors (Lipinski definition) is 5. The Bertz CT molecular complexity index is 1010. The Balaban J connectivity index is 1.78. The average molecular weight is 434 g/mol. The molecule has 0 atom stereocenters. The zero-order valence-corrected chi connectivity index (χ0v) is 19.4. The number of Topliss-reactive ketones (excluding diaryl/α,β-unsaturated/α-hetero) is 1. The summed E-state index contributed by atoms with van der Waals surface area (Å²) in [7, 11) is 0. The van der Waals surface area contributed by atoms with Crippen LogP contribution in [0.5, 0.6) is 0 Å². The number of nitriles is 1. The maximum absolute atomic E-state index is 13.4. The third kappa shape index (κ3) is 5.16. The molecule has 32 heavy (non-hydrogen) atoms. The summed E-state index contributed by atoms with van der Waals surface area (Å²) in [5, 5.41) is 9.12. The molecule has 6 heteroatoms. The normalized spacial score (nSPS) is 20.2. The number of ketones is 1. The van der Waals surface area contributed by atoms with Crippen molar-refractivity contribution in [2.24, 2.45) is 10.4 Å². The molecule has 1 aliphatic heterocycles. The van der Waals surface area contributed by atoms with E-state index in [1.807, 2.05) is 57.2 Å². The minimum Gasteiger partial charge on any atom is -0.444 e. The SMILES string of the molecule is C/C=N\C(=C/C#N)c1ccccc1/C=C1\CCC2(CCN(C(=O)OC(C)(C)C)CC2)C1=O. The molecule has 1 saturated heterocycles. The molecule has 1 aliphatic carbocycles. The van der Waals surface area contributed by atoms with E-state index in [4.69, 9.17) is 10.00 Å². The van der Waals surface area contributed by atoms with E-state index in [0.717, 1.165) is 23.1 Å². The van der Waals surface area contributed by atoms with Crippen molar-refractivity contribution in [1.29, 1.82) is 5.26 Å². The first kappa shape index (κ1) is 23.5. The molecular weight excluding hydrogens is 402 g/mol. The number of carbonyl (C=O) groups excluding carboxylic acids is 2. The van der Waals surface area contributed by atoms with Gasteiger partial charge < -0.3 is 9.64 Å². The molecule has 1 spiro atoms. The molecule has 0 bridgehead atoms. The lowest BCUT2D eigenvalue weighted by Gasteiger charge is -2.38. The number of amides is 1. The molecule has 0 radical (unpaired) electrons. The summed E-state index contributed by atoms with van der Waals surface area (Å²) in [5.74, 6) is 0.181. The quantitative estimate of drug-likeness (QED) is 0.363. The predicted octanol–water partition coefficient (Wildman–Crippen LogP) is 5.41.